The number of carbonyl (C=O) groups excluding carboxylic acids is 1. The second-order valence-electron chi connectivity index (χ2n) is 5.37. The lowest BCUT2D eigenvalue weighted by Gasteiger charge is -2.21. The van der Waals surface area contributed by atoms with Gasteiger partial charge < -0.3 is 15.5 Å². The van der Waals surface area contributed by atoms with Gasteiger partial charge in [0.25, 0.3) is 0 Å². The van der Waals surface area contributed by atoms with E-state index in [2.05, 4.69) is 10.6 Å². The number of rotatable bonds is 5. The van der Waals surface area contributed by atoms with Gasteiger partial charge in [-0.3, -0.25) is 4.79 Å². The number of benzene rings is 1. The molecule has 1 aromatic rings. The first kappa shape index (κ1) is 16.5. The van der Waals surface area contributed by atoms with Gasteiger partial charge in [-0.2, -0.15) is 0 Å². The first-order valence-corrected chi connectivity index (χ1v) is 8.58. The SMILES string of the molecule is CN(C)c1ccc(NC(=O)CSC2CCNCC2)cc1Cl. The standard InChI is InChI=1S/C15H22ClN3OS/c1-19(2)14-4-3-11(9-13(14)16)18-15(20)10-21-12-5-7-17-8-6-12/h3-4,9,12,17H,5-8,10H2,1-2H3,(H,18,20). The van der Waals surface area contributed by atoms with Gasteiger partial charge in [0.05, 0.1) is 16.5 Å². The summed E-state index contributed by atoms with van der Waals surface area (Å²) >= 11 is 7.95. The van der Waals surface area contributed by atoms with Gasteiger partial charge in [-0.15, -0.1) is 11.8 Å². The van der Waals surface area contributed by atoms with E-state index in [0.29, 0.717) is 16.0 Å². The monoisotopic (exact) mass is 327 g/mol. The number of nitrogens with one attached hydrogen (secondary N) is 2. The normalized spacial score (nSPS) is 15.8. The number of halogens is 1. The number of thioether (sulfide) groups is 1. The number of amides is 1. The van der Waals surface area contributed by atoms with Crippen LogP contribution in [0.5, 0.6) is 0 Å². The van der Waals surface area contributed by atoms with Crippen LogP contribution in [-0.4, -0.2) is 44.1 Å². The third kappa shape index (κ3) is 5.09. The minimum Gasteiger partial charge on any atom is -0.376 e. The van der Waals surface area contributed by atoms with Crippen molar-refractivity contribution >= 4 is 40.6 Å². The molecule has 2 rings (SSSR count). The van der Waals surface area contributed by atoms with Crippen molar-refractivity contribution in [3.05, 3.63) is 23.2 Å². The van der Waals surface area contributed by atoms with Crippen LogP contribution < -0.4 is 15.5 Å². The van der Waals surface area contributed by atoms with Crippen LogP contribution in [0, 0.1) is 0 Å². The molecule has 1 fully saturated rings. The van der Waals surface area contributed by atoms with Crippen molar-refractivity contribution in [3.63, 3.8) is 0 Å². The molecule has 6 heteroatoms. The summed E-state index contributed by atoms with van der Waals surface area (Å²) in [5, 5.41) is 7.48. The van der Waals surface area contributed by atoms with E-state index in [0.717, 1.165) is 37.3 Å². The molecule has 0 aliphatic carbocycles. The highest BCUT2D eigenvalue weighted by atomic mass is 35.5. The summed E-state index contributed by atoms with van der Waals surface area (Å²) in [6.45, 7) is 2.11. The Morgan fingerprint density at radius 1 is 1.43 bits per heavy atom. The fraction of sp³-hybridized carbons (Fsp3) is 0.533. The van der Waals surface area contributed by atoms with Crippen LogP contribution in [0.2, 0.25) is 5.02 Å². The summed E-state index contributed by atoms with van der Waals surface area (Å²) < 4.78 is 0. The van der Waals surface area contributed by atoms with Crippen LogP contribution in [0.15, 0.2) is 18.2 Å². The second-order valence-corrected chi connectivity index (χ2v) is 7.07. The first-order valence-electron chi connectivity index (χ1n) is 7.15. The van der Waals surface area contributed by atoms with Gasteiger partial charge in [0, 0.05) is 25.0 Å². The Labute approximate surface area is 135 Å². The molecule has 1 aromatic carbocycles. The maximum Gasteiger partial charge on any atom is 0.234 e. The summed E-state index contributed by atoms with van der Waals surface area (Å²) in [5.74, 6) is 0.532. The summed E-state index contributed by atoms with van der Waals surface area (Å²) in [6, 6.07) is 5.59. The fourth-order valence-corrected chi connectivity index (χ4v) is 3.68. The van der Waals surface area contributed by atoms with E-state index < -0.39 is 0 Å². The van der Waals surface area contributed by atoms with Crippen LogP contribution in [0.3, 0.4) is 0 Å². The summed E-state index contributed by atoms with van der Waals surface area (Å²) in [5.41, 5.74) is 1.69. The Balaban J connectivity index is 1.83. The molecule has 0 atom stereocenters. The van der Waals surface area contributed by atoms with E-state index in [-0.39, 0.29) is 5.91 Å². The predicted molar refractivity (Wildman–Crippen MR) is 92.8 cm³/mol. The Morgan fingerprint density at radius 3 is 2.76 bits per heavy atom. The van der Waals surface area contributed by atoms with Crippen molar-refractivity contribution in [1.29, 1.82) is 0 Å². The molecule has 1 aliphatic heterocycles. The zero-order valence-electron chi connectivity index (χ0n) is 12.5. The van der Waals surface area contributed by atoms with Crippen LogP contribution >= 0.6 is 23.4 Å². The molecular weight excluding hydrogens is 306 g/mol. The molecular formula is C15H22ClN3OS. The maximum atomic E-state index is 12.0. The summed E-state index contributed by atoms with van der Waals surface area (Å²) in [7, 11) is 3.88. The van der Waals surface area contributed by atoms with Crippen molar-refractivity contribution in [2.24, 2.45) is 0 Å². The topological polar surface area (TPSA) is 44.4 Å². The zero-order chi connectivity index (χ0) is 15.2. The summed E-state index contributed by atoms with van der Waals surface area (Å²) in [6.07, 6.45) is 2.28. The molecule has 4 nitrogen and oxygen atoms in total. The maximum absolute atomic E-state index is 12.0. The minimum atomic E-state index is 0.0344. The van der Waals surface area contributed by atoms with Crippen molar-refractivity contribution in [1.82, 2.24) is 5.32 Å². The minimum absolute atomic E-state index is 0.0344. The van der Waals surface area contributed by atoms with E-state index in [4.69, 9.17) is 11.6 Å². The van der Waals surface area contributed by atoms with Crippen molar-refractivity contribution in [3.8, 4) is 0 Å². The lowest BCUT2D eigenvalue weighted by atomic mass is 10.2. The number of carbonyl (C=O) groups is 1. The van der Waals surface area contributed by atoms with Gasteiger partial charge >= 0.3 is 0 Å². The lowest BCUT2D eigenvalue weighted by molar-refractivity contribution is -0.113. The Morgan fingerprint density at radius 2 is 2.14 bits per heavy atom. The predicted octanol–water partition coefficient (Wildman–Crippen LogP) is 2.83. The third-order valence-electron chi connectivity index (χ3n) is 3.45. The molecule has 0 bridgehead atoms. The van der Waals surface area contributed by atoms with Crippen LogP contribution in [0.25, 0.3) is 0 Å². The molecule has 2 N–H and O–H groups in total. The number of hydrogen-bond acceptors (Lipinski definition) is 4. The second kappa shape index (κ2) is 7.92. The molecule has 1 amide bonds. The lowest BCUT2D eigenvalue weighted by Crippen LogP contribution is -2.30. The molecule has 0 radical (unpaired) electrons. The smallest absolute Gasteiger partial charge is 0.234 e. The van der Waals surface area contributed by atoms with E-state index in [9.17, 15) is 4.79 Å². The molecule has 116 valence electrons. The quantitative estimate of drug-likeness (QED) is 0.873. The molecule has 1 aliphatic rings. The molecule has 1 heterocycles. The third-order valence-corrected chi connectivity index (χ3v) is 5.12. The Bertz CT molecular complexity index is 490. The largest absolute Gasteiger partial charge is 0.376 e. The van der Waals surface area contributed by atoms with Crippen molar-refractivity contribution in [2.45, 2.75) is 18.1 Å². The van der Waals surface area contributed by atoms with Gasteiger partial charge in [0.15, 0.2) is 0 Å². The van der Waals surface area contributed by atoms with Crippen molar-refractivity contribution < 1.29 is 4.79 Å². The van der Waals surface area contributed by atoms with Crippen LogP contribution in [0.1, 0.15) is 12.8 Å². The molecule has 0 saturated carbocycles. The average molecular weight is 328 g/mol. The number of nitrogens with zero attached hydrogens (tertiary/aromatic N) is 1. The fourth-order valence-electron chi connectivity index (χ4n) is 2.30. The number of hydrogen-bond donors (Lipinski definition) is 2. The number of anilines is 2. The van der Waals surface area contributed by atoms with Gasteiger partial charge in [0.1, 0.15) is 0 Å². The van der Waals surface area contributed by atoms with E-state index in [1.165, 1.54) is 0 Å². The highest BCUT2D eigenvalue weighted by molar-refractivity contribution is 8.00. The highest BCUT2D eigenvalue weighted by Gasteiger charge is 2.15. The molecule has 1 saturated heterocycles. The van der Waals surface area contributed by atoms with Crippen molar-refractivity contribution in [2.75, 3.05) is 43.2 Å². The zero-order valence-corrected chi connectivity index (χ0v) is 14.1. The first-order chi connectivity index (χ1) is 10.1. The molecule has 21 heavy (non-hydrogen) atoms. The van der Waals surface area contributed by atoms with E-state index in [1.54, 1.807) is 17.8 Å². The molecule has 0 spiro atoms. The summed E-state index contributed by atoms with van der Waals surface area (Å²) in [4.78, 5) is 13.9. The van der Waals surface area contributed by atoms with E-state index >= 15 is 0 Å². The van der Waals surface area contributed by atoms with E-state index in [1.807, 2.05) is 31.1 Å². The Kier molecular flexibility index (Phi) is 6.21. The van der Waals surface area contributed by atoms with Gasteiger partial charge in [-0.1, -0.05) is 11.6 Å². The van der Waals surface area contributed by atoms with Gasteiger partial charge in [0.2, 0.25) is 5.91 Å². The van der Waals surface area contributed by atoms with Gasteiger partial charge in [-0.05, 0) is 44.1 Å². The molecule has 0 aromatic heterocycles. The Hall–Kier alpha value is -0.910. The average Bonchev–Trinajstić information content (AvgIpc) is 2.46. The van der Waals surface area contributed by atoms with Gasteiger partial charge in [-0.25, -0.2) is 0 Å². The number of piperidine rings is 1. The molecule has 0 unspecified atom stereocenters. The van der Waals surface area contributed by atoms with Crippen LogP contribution in [0.4, 0.5) is 11.4 Å². The van der Waals surface area contributed by atoms with Crippen LogP contribution in [-0.2, 0) is 4.79 Å². The highest BCUT2D eigenvalue weighted by Crippen LogP contribution is 2.27.